The Morgan fingerprint density at radius 1 is 1.00 bits per heavy atom. The molecule has 70 valence electrons. The molecule has 2 aromatic rings. The molecule has 0 bridgehead atoms. The van der Waals surface area contributed by atoms with Crippen LogP contribution in [0.5, 0.6) is 0 Å². The summed E-state index contributed by atoms with van der Waals surface area (Å²) >= 11 is 0. The van der Waals surface area contributed by atoms with Crippen LogP contribution in [0.3, 0.4) is 0 Å². The van der Waals surface area contributed by atoms with Crippen LogP contribution in [0.2, 0.25) is 0 Å². The van der Waals surface area contributed by atoms with Gasteiger partial charge in [0.05, 0.1) is 5.69 Å². The average Bonchev–Trinajstić information content (AvgIpc) is 2.30. The largest absolute Gasteiger partial charge is 0.307 e. The lowest BCUT2D eigenvalue weighted by Gasteiger charge is -2.04. The topological polar surface area (TPSA) is 76.7 Å². The van der Waals surface area contributed by atoms with Crippen molar-refractivity contribution in [2.24, 2.45) is 5.84 Å². The van der Waals surface area contributed by atoms with Gasteiger partial charge in [-0.05, 0) is 12.1 Å². The molecule has 2 aromatic heterocycles. The maximum Gasteiger partial charge on any atom is 0.168 e. The Morgan fingerprint density at radius 3 is 2.57 bits per heavy atom. The Bertz CT molecular complexity index is 415. The number of hydrazine groups is 1. The third-order valence-electron chi connectivity index (χ3n) is 1.74. The zero-order valence-corrected chi connectivity index (χ0v) is 7.38. The smallest absolute Gasteiger partial charge is 0.168 e. The van der Waals surface area contributed by atoms with Gasteiger partial charge in [-0.25, -0.2) is 15.8 Å². The molecular formula is C9H9N5. The van der Waals surface area contributed by atoms with E-state index in [-0.39, 0.29) is 0 Å². The molecule has 0 aromatic carbocycles. The van der Waals surface area contributed by atoms with E-state index in [2.05, 4.69) is 20.4 Å². The van der Waals surface area contributed by atoms with Gasteiger partial charge in [-0.2, -0.15) is 0 Å². The van der Waals surface area contributed by atoms with Crippen molar-refractivity contribution < 1.29 is 0 Å². The summed E-state index contributed by atoms with van der Waals surface area (Å²) in [5.74, 6) is 5.83. The molecule has 5 nitrogen and oxygen atoms in total. The second-order valence-electron chi connectivity index (χ2n) is 2.61. The predicted octanol–water partition coefficient (Wildman–Crippen LogP) is 0.824. The van der Waals surface area contributed by atoms with Gasteiger partial charge in [-0.1, -0.05) is 6.07 Å². The molecular weight excluding hydrogens is 178 g/mol. The van der Waals surface area contributed by atoms with E-state index in [4.69, 9.17) is 5.84 Å². The van der Waals surface area contributed by atoms with Crippen LogP contribution in [0.1, 0.15) is 0 Å². The first-order valence-corrected chi connectivity index (χ1v) is 4.11. The Balaban J connectivity index is 2.51. The fourth-order valence-corrected chi connectivity index (χ4v) is 1.13. The summed E-state index contributed by atoms with van der Waals surface area (Å²) in [6.45, 7) is 0. The van der Waals surface area contributed by atoms with Crippen molar-refractivity contribution in [1.82, 2.24) is 15.0 Å². The molecule has 0 aliphatic heterocycles. The van der Waals surface area contributed by atoms with Crippen molar-refractivity contribution in [2.75, 3.05) is 5.43 Å². The lowest BCUT2D eigenvalue weighted by molar-refractivity contribution is 1.14. The summed E-state index contributed by atoms with van der Waals surface area (Å²) in [6, 6.07) is 5.58. The summed E-state index contributed by atoms with van der Waals surface area (Å²) < 4.78 is 0. The Kier molecular flexibility index (Phi) is 2.33. The monoisotopic (exact) mass is 187 g/mol. The number of nitrogens with one attached hydrogen (secondary N) is 1. The van der Waals surface area contributed by atoms with Crippen molar-refractivity contribution >= 4 is 5.82 Å². The van der Waals surface area contributed by atoms with Gasteiger partial charge in [0.2, 0.25) is 0 Å². The van der Waals surface area contributed by atoms with E-state index in [9.17, 15) is 0 Å². The molecule has 0 aliphatic rings. The van der Waals surface area contributed by atoms with Gasteiger partial charge >= 0.3 is 0 Å². The number of rotatable bonds is 2. The average molecular weight is 187 g/mol. The van der Waals surface area contributed by atoms with Crippen LogP contribution in [0.15, 0.2) is 36.8 Å². The van der Waals surface area contributed by atoms with Crippen molar-refractivity contribution in [3.8, 4) is 11.4 Å². The van der Waals surface area contributed by atoms with Gasteiger partial charge in [0.1, 0.15) is 5.69 Å². The highest BCUT2D eigenvalue weighted by molar-refractivity contribution is 5.67. The molecule has 2 rings (SSSR count). The first kappa shape index (κ1) is 8.58. The van der Waals surface area contributed by atoms with E-state index in [0.717, 1.165) is 5.69 Å². The molecule has 5 heteroatoms. The van der Waals surface area contributed by atoms with Gasteiger partial charge in [0, 0.05) is 18.6 Å². The minimum Gasteiger partial charge on any atom is -0.307 e. The zero-order valence-electron chi connectivity index (χ0n) is 7.38. The number of nitrogens with two attached hydrogens (primary N) is 1. The number of aromatic nitrogens is 3. The van der Waals surface area contributed by atoms with Gasteiger partial charge in [-0.15, -0.1) is 0 Å². The fourth-order valence-electron chi connectivity index (χ4n) is 1.13. The first-order chi connectivity index (χ1) is 6.92. The van der Waals surface area contributed by atoms with E-state index in [1.165, 1.54) is 0 Å². The van der Waals surface area contributed by atoms with E-state index in [0.29, 0.717) is 11.5 Å². The molecule has 0 saturated carbocycles. The van der Waals surface area contributed by atoms with Crippen LogP contribution < -0.4 is 11.3 Å². The highest BCUT2D eigenvalue weighted by atomic mass is 15.3. The zero-order chi connectivity index (χ0) is 9.80. The molecule has 0 saturated heterocycles. The summed E-state index contributed by atoms with van der Waals surface area (Å²) in [5.41, 5.74) is 3.87. The van der Waals surface area contributed by atoms with Crippen LogP contribution in [0.25, 0.3) is 11.4 Å². The van der Waals surface area contributed by atoms with Gasteiger partial charge < -0.3 is 5.43 Å². The SMILES string of the molecule is NNc1nccnc1-c1ccccn1. The van der Waals surface area contributed by atoms with Crippen LogP contribution in [0.4, 0.5) is 5.82 Å². The highest BCUT2D eigenvalue weighted by Gasteiger charge is 2.06. The second-order valence-corrected chi connectivity index (χ2v) is 2.61. The van der Waals surface area contributed by atoms with Crippen LogP contribution in [0, 0.1) is 0 Å². The molecule has 2 heterocycles. The number of anilines is 1. The standard InChI is InChI=1S/C9H9N5/c10-14-9-8(12-5-6-13-9)7-3-1-2-4-11-7/h1-6H,10H2,(H,13,14). The van der Waals surface area contributed by atoms with E-state index < -0.39 is 0 Å². The Labute approximate surface area is 81.0 Å². The summed E-state index contributed by atoms with van der Waals surface area (Å²) in [7, 11) is 0. The molecule has 0 amide bonds. The van der Waals surface area contributed by atoms with Gasteiger partial charge in [0.15, 0.2) is 5.82 Å². The molecule has 0 atom stereocenters. The lowest BCUT2D eigenvalue weighted by Crippen LogP contribution is -2.10. The number of hydrogen-bond acceptors (Lipinski definition) is 5. The van der Waals surface area contributed by atoms with Crippen LogP contribution >= 0.6 is 0 Å². The third kappa shape index (κ3) is 1.53. The quantitative estimate of drug-likeness (QED) is 0.537. The third-order valence-corrected chi connectivity index (χ3v) is 1.74. The summed E-state index contributed by atoms with van der Waals surface area (Å²) in [4.78, 5) is 12.3. The van der Waals surface area contributed by atoms with E-state index in [1.54, 1.807) is 18.6 Å². The molecule has 0 radical (unpaired) electrons. The van der Waals surface area contributed by atoms with Crippen molar-refractivity contribution in [3.05, 3.63) is 36.8 Å². The normalized spacial score (nSPS) is 9.79. The number of nitrogens with zero attached hydrogens (tertiary/aromatic N) is 3. The minimum atomic E-state index is 0.520. The number of hydrogen-bond donors (Lipinski definition) is 2. The number of pyridine rings is 1. The molecule has 14 heavy (non-hydrogen) atoms. The molecule has 0 spiro atoms. The predicted molar refractivity (Wildman–Crippen MR) is 53.1 cm³/mol. The van der Waals surface area contributed by atoms with Crippen LogP contribution in [-0.2, 0) is 0 Å². The molecule has 0 aliphatic carbocycles. The van der Waals surface area contributed by atoms with Crippen molar-refractivity contribution in [1.29, 1.82) is 0 Å². The minimum absolute atomic E-state index is 0.520. The summed E-state index contributed by atoms with van der Waals surface area (Å²) in [5, 5.41) is 0. The maximum absolute atomic E-state index is 5.31. The lowest BCUT2D eigenvalue weighted by atomic mass is 10.2. The van der Waals surface area contributed by atoms with E-state index >= 15 is 0 Å². The summed E-state index contributed by atoms with van der Waals surface area (Å²) in [6.07, 6.45) is 4.87. The second kappa shape index (κ2) is 3.80. The molecule has 0 unspecified atom stereocenters. The number of nitrogen functional groups attached to an aromatic ring is 1. The Hall–Kier alpha value is -2.01. The fraction of sp³-hybridized carbons (Fsp3) is 0. The van der Waals surface area contributed by atoms with Crippen molar-refractivity contribution in [3.63, 3.8) is 0 Å². The van der Waals surface area contributed by atoms with Gasteiger partial charge in [-0.3, -0.25) is 4.98 Å². The van der Waals surface area contributed by atoms with Crippen molar-refractivity contribution in [2.45, 2.75) is 0 Å². The first-order valence-electron chi connectivity index (χ1n) is 4.11. The Morgan fingerprint density at radius 2 is 1.86 bits per heavy atom. The van der Waals surface area contributed by atoms with E-state index in [1.807, 2.05) is 18.2 Å². The highest BCUT2D eigenvalue weighted by Crippen LogP contribution is 2.19. The maximum atomic E-state index is 5.31. The molecule has 0 fully saturated rings. The van der Waals surface area contributed by atoms with Gasteiger partial charge in [0.25, 0.3) is 0 Å². The molecule has 3 N–H and O–H groups in total. The van der Waals surface area contributed by atoms with Crippen LogP contribution in [-0.4, -0.2) is 15.0 Å².